The molecule has 0 aliphatic carbocycles. The largest absolute Gasteiger partial charge is 0.481 e. The topological polar surface area (TPSA) is 62.7 Å². The van der Waals surface area contributed by atoms with Crippen LogP contribution in [-0.4, -0.2) is 40.6 Å². The summed E-state index contributed by atoms with van der Waals surface area (Å²) in [6.45, 7) is 2.48. The van der Waals surface area contributed by atoms with E-state index in [0.29, 0.717) is 19.6 Å². The van der Waals surface area contributed by atoms with Crippen molar-refractivity contribution < 1.29 is 19.0 Å². The second-order valence-corrected chi connectivity index (χ2v) is 7.45. The van der Waals surface area contributed by atoms with Gasteiger partial charge in [0.05, 0.1) is 18.1 Å². The molecule has 2 aliphatic rings. The van der Waals surface area contributed by atoms with Gasteiger partial charge in [-0.25, -0.2) is 4.39 Å². The van der Waals surface area contributed by atoms with Gasteiger partial charge >= 0.3 is 5.97 Å². The number of fused-ring (bicyclic) bond motifs is 2. The fourth-order valence-corrected chi connectivity index (χ4v) is 4.22. The van der Waals surface area contributed by atoms with Crippen molar-refractivity contribution in [3.05, 3.63) is 65.2 Å². The third kappa shape index (κ3) is 3.73. The van der Waals surface area contributed by atoms with Gasteiger partial charge in [0.15, 0.2) is 0 Å². The Balaban J connectivity index is 1.41. The summed E-state index contributed by atoms with van der Waals surface area (Å²) in [5.74, 6) is -1.53. The number of piperidine rings is 1. The number of rotatable bonds is 5. The zero-order valence-electron chi connectivity index (χ0n) is 15.1. The standard InChI is InChI=1S/C21H23FN2O3/c22-17-5-4-15-14-27-21(19(15)12-17)6-9-24(10-7-21)13-16(20(25)26)11-18-3-1-2-8-23-18/h1-5,8,12,16H,6-7,9-11,13-14H2,(H,25,26). The van der Waals surface area contributed by atoms with Gasteiger partial charge in [-0.1, -0.05) is 12.1 Å². The minimum Gasteiger partial charge on any atom is -0.481 e. The normalized spacial score (nSPS) is 19.7. The third-order valence-electron chi connectivity index (χ3n) is 5.74. The van der Waals surface area contributed by atoms with Gasteiger partial charge < -0.3 is 14.7 Å². The predicted octanol–water partition coefficient (Wildman–Crippen LogP) is 2.99. The number of halogens is 1. The smallest absolute Gasteiger partial charge is 0.308 e. The van der Waals surface area contributed by atoms with Gasteiger partial charge in [-0.3, -0.25) is 9.78 Å². The van der Waals surface area contributed by atoms with Crippen molar-refractivity contribution in [1.82, 2.24) is 9.88 Å². The SMILES string of the molecule is O=C(O)C(Cc1ccccn1)CN1CCC2(CC1)OCc1ccc(F)cc12. The lowest BCUT2D eigenvalue weighted by atomic mass is 9.83. The lowest BCUT2D eigenvalue weighted by molar-refractivity contribution is -0.143. The van der Waals surface area contributed by atoms with Crippen molar-refractivity contribution in [2.75, 3.05) is 19.6 Å². The summed E-state index contributed by atoms with van der Waals surface area (Å²) in [5.41, 5.74) is 2.39. The summed E-state index contributed by atoms with van der Waals surface area (Å²) < 4.78 is 19.8. The van der Waals surface area contributed by atoms with Crippen LogP contribution in [0.5, 0.6) is 0 Å². The van der Waals surface area contributed by atoms with Crippen molar-refractivity contribution in [1.29, 1.82) is 0 Å². The first kappa shape index (κ1) is 18.1. The number of benzene rings is 1. The van der Waals surface area contributed by atoms with Crippen molar-refractivity contribution >= 4 is 5.97 Å². The Morgan fingerprint density at radius 1 is 1.30 bits per heavy atom. The molecular weight excluding hydrogens is 347 g/mol. The molecule has 4 rings (SSSR count). The molecule has 2 aromatic rings. The van der Waals surface area contributed by atoms with Gasteiger partial charge in [-0.05, 0) is 48.2 Å². The van der Waals surface area contributed by atoms with E-state index in [1.54, 1.807) is 18.3 Å². The summed E-state index contributed by atoms with van der Waals surface area (Å²) in [7, 11) is 0. The molecule has 1 aromatic heterocycles. The number of carboxylic acid groups (broad SMARTS) is 1. The Morgan fingerprint density at radius 3 is 2.81 bits per heavy atom. The Labute approximate surface area is 157 Å². The molecular formula is C21H23FN2O3. The number of aromatic nitrogens is 1. The molecule has 1 N–H and O–H groups in total. The lowest BCUT2D eigenvalue weighted by Gasteiger charge is -2.40. The van der Waals surface area contributed by atoms with E-state index < -0.39 is 17.5 Å². The summed E-state index contributed by atoms with van der Waals surface area (Å²) in [6, 6.07) is 10.4. The maximum Gasteiger partial charge on any atom is 0.308 e. The fraction of sp³-hybridized carbons (Fsp3) is 0.429. The number of nitrogens with zero attached hydrogens (tertiary/aromatic N) is 2. The molecule has 1 saturated heterocycles. The van der Waals surface area contributed by atoms with Crippen LogP contribution in [0, 0.1) is 11.7 Å². The monoisotopic (exact) mass is 370 g/mol. The third-order valence-corrected chi connectivity index (χ3v) is 5.74. The second kappa shape index (κ2) is 7.37. The zero-order valence-corrected chi connectivity index (χ0v) is 15.1. The molecule has 0 radical (unpaired) electrons. The number of hydrogen-bond donors (Lipinski definition) is 1. The Morgan fingerprint density at radius 2 is 2.11 bits per heavy atom. The highest BCUT2D eigenvalue weighted by molar-refractivity contribution is 5.70. The lowest BCUT2D eigenvalue weighted by Crippen LogP contribution is -2.45. The number of hydrogen-bond acceptors (Lipinski definition) is 4. The van der Waals surface area contributed by atoms with E-state index in [4.69, 9.17) is 4.74 Å². The van der Waals surface area contributed by atoms with E-state index in [1.807, 2.05) is 18.2 Å². The molecule has 1 atom stereocenters. The van der Waals surface area contributed by atoms with E-state index >= 15 is 0 Å². The number of aliphatic carboxylic acids is 1. The Bertz CT molecular complexity index is 819. The van der Waals surface area contributed by atoms with E-state index in [0.717, 1.165) is 42.8 Å². The molecule has 0 saturated carbocycles. The van der Waals surface area contributed by atoms with Crippen LogP contribution in [0.15, 0.2) is 42.6 Å². The highest BCUT2D eigenvalue weighted by atomic mass is 19.1. The first-order chi connectivity index (χ1) is 13.1. The van der Waals surface area contributed by atoms with E-state index in [1.165, 1.54) is 6.07 Å². The first-order valence-corrected chi connectivity index (χ1v) is 9.34. The number of pyridine rings is 1. The number of ether oxygens (including phenoxy) is 1. The van der Waals surface area contributed by atoms with Crippen LogP contribution in [0.3, 0.4) is 0 Å². The minimum atomic E-state index is -0.800. The van der Waals surface area contributed by atoms with Gasteiger partial charge in [-0.15, -0.1) is 0 Å². The van der Waals surface area contributed by atoms with Crippen LogP contribution in [0.25, 0.3) is 0 Å². The van der Waals surface area contributed by atoms with Crippen LogP contribution in [-0.2, 0) is 28.2 Å². The average molecular weight is 370 g/mol. The van der Waals surface area contributed by atoms with Crippen molar-refractivity contribution in [3.8, 4) is 0 Å². The predicted molar refractivity (Wildman–Crippen MR) is 97.6 cm³/mol. The molecule has 142 valence electrons. The highest BCUT2D eigenvalue weighted by Gasteiger charge is 2.43. The minimum absolute atomic E-state index is 0.234. The highest BCUT2D eigenvalue weighted by Crippen LogP contribution is 2.44. The molecule has 6 heteroatoms. The molecule has 1 fully saturated rings. The van der Waals surface area contributed by atoms with Crippen molar-refractivity contribution in [3.63, 3.8) is 0 Å². The van der Waals surface area contributed by atoms with E-state index in [2.05, 4.69) is 9.88 Å². The number of likely N-dealkylation sites (tertiary alicyclic amines) is 1. The van der Waals surface area contributed by atoms with Crippen LogP contribution in [0.1, 0.15) is 29.7 Å². The molecule has 27 heavy (non-hydrogen) atoms. The van der Waals surface area contributed by atoms with E-state index in [-0.39, 0.29) is 5.82 Å². The summed E-state index contributed by atoms with van der Waals surface area (Å²) in [5, 5.41) is 9.61. The maximum atomic E-state index is 13.7. The molecule has 5 nitrogen and oxygen atoms in total. The van der Waals surface area contributed by atoms with Crippen LogP contribution in [0.4, 0.5) is 4.39 Å². The Hall–Kier alpha value is -2.31. The Kier molecular flexibility index (Phi) is 4.93. The second-order valence-electron chi connectivity index (χ2n) is 7.45. The molecule has 3 heterocycles. The van der Waals surface area contributed by atoms with E-state index in [9.17, 15) is 14.3 Å². The van der Waals surface area contributed by atoms with Gasteiger partial charge in [0, 0.05) is 37.9 Å². The zero-order chi connectivity index (χ0) is 18.9. The molecule has 1 spiro atoms. The first-order valence-electron chi connectivity index (χ1n) is 9.34. The van der Waals surface area contributed by atoms with Gasteiger partial charge in [-0.2, -0.15) is 0 Å². The van der Waals surface area contributed by atoms with Crippen LogP contribution >= 0.6 is 0 Å². The summed E-state index contributed by atoms with van der Waals surface area (Å²) in [6.07, 6.45) is 3.61. The van der Waals surface area contributed by atoms with Crippen LogP contribution < -0.4 is 0 Å². The average Bonchev–Trinajstić information content (AvgIpc) is 3.01. The molecule has 0 amide bonds. The molecule has 1 aromatic carbocycles. The van der Waals surface area contributed by atoms with Gasteiger partial charge in [0.2, 0.25) is 0 Å². The molecule has 1 unspecified atom stereocenters. The molecule has 0 bridgehead atoms. The van der Waals surface area contributed by atoms with Gasteiger partial charge in [0.25, 0.3) is 0 Å². The summed E-state index contributed by atoms with van der Waals surface area (Å²) >= 11 is 0. The quantitative estimate of drug-likeness (QED) is 0.877. The fourth-order valence-electron chi connectivity index (χ4n) is 4.22. The maximum absolute atomic E-state index is 13.7. The van der Waals surface area contributed by atoms with Crippen molar-refractivity contribution in [2.45, 2.75) is 31.5 Å². The summed E-state index contributed by atoms with van der Waals surface area (Å²) in [4.78, 5) is 18.1. The molecule has 2 aliphatic heterocycles. The number of carboxylic acids is 1. The van der Waals surface area contributed by atoms with Crippen molar-refractivity contribution in [2.24, 2.45) is 5.92 Å². The van der Waals surface area contributed by atoms with Gasteiger partial charge in [0.1, 0.15) is 5.82 Å². The van der Waals surface area contributed by atoms with Crippen LogP contribution in [0.2, 0.25) is 0 Å². The number of carbonyl (C=O) groups is 1.